The molecule has 0 saturated carbocycles. The van der Waals surface area contributed by atoms with Gasteiger partial charge in [-0.3, -0.25) is 0 Å². The Balaban J connectivity index is 2.75. The first-order valence-corrected chi connectivity index (χ1v) is 4.56. The van der Waals surface area contributed by atoms with Gasteiger partial charge in [0.15, 0.2) is 0 Å². The van der Waals surface area contributed by atoms with Crippen LogP contribution in [0.1, 0.15) is 18.6 Å². The second-order valence-corrected chi connectivity index (χ2v) is 3.30. The van der Waals surface area contributed by atoms with Crippen LogP contribution in [-0.4, -0.2) is 17.2 Å². The van der Waals surface area contributed by atoms with E-state index in [-0.39, 0.29) is 0 Å². The van der Waals surface area contributed by atoms with Crippen molar-refractivity contribution in [2.24, 2.45) is 0 Å². The van der Waals surface area contributed by atoms with Gasteiger partial charge in [0.2, 0.25) is 0 Å². The number of rotatable bonds is 2. The third-order valence-corrected chi connectivity index (χ3v) is 2.37. The molecule has 0 radical (unpaired) electrons. The predicted octanol–water partition coefficient (Wildman–Crippen LogP) is 2.23. The molecule has 2 aromatic rings. The molecule has 0 aliphatic rings. The van der Waals surface area contributed by atoms with E-state index in [4.69, 9.17) is 4.74 Å². The summed E-state index contributed by atoms with van der Waals surface area (Å²) in [5.74, 6) is 0.729. The highest BCUT2D eigenvalue weighted by Crippen LogP contribution is 2.32. The SMILES string of the molecule is COc1ccc2[nH]ccc2c1C(C)O. The van der Waals surface area contributed by atoms with Gasteiger partial charge in [0.25, 0.3) is 0 Å². The van der Waals surface area contributed by atoms with E-state index in [2.05, 4.69) is 4.98 Å². The number of ether oxygens (including phenoxy) is 1. The smallest absolute Gasteiger partial charge is 0.125 e. The third kappa shape index (κ3) is 1.26. The summed E-state index contributed by atoms with van der Waals surface area (Å²) >= 11 is 0. The monoisotopic (exact) mass is 191 g/mol. The van der Waals surface area contributed by atoms with Crippen LogP contribution in [0, 0.1) is 0 Å². The fourth-order valence-corrected chi connectivity index (χ4v) is 1.75. The maximum absolute atomic E-state index is 9.66. The van der Waals surface area contributed by atoms with Gasteiger partial charge in [-0.05, 0) is 25.1 Å². The quantitative estimate of drug-likeness (QED) is 0.764. The zero-order chi connectivity index (χ0) is 10.1. The second kappa shape index (κ2) is 3.35. The molecule has 0 spiro atoms. The van der Waals surface area contributed by atoms with Crippen molar-refractivity contribution in [3.05, 3.63) is 30.0 Å². The van der Waals surface area contributed by atoms with Gasteiger partial charge in [0, 0.05) is 22.7 Å². The number of aliphatic hydroxyl groups is 1. The Kier molecular flexibility index (Phi) is 2.17. The van der Waals surface area contributed by atoms with Crippen LogP contribution in [0.15, 0.2) is 24.4 Å². The van der Waals surface area contributed by atoms with Gasteiger partial charge in [0.1, 0.15) is 5.75 Å². The van der Waals surface area contributed by atoms with Crippen LogP contribution in [0.25, 0.3) is 10.9 Å². The van der Waals surface area contributed by atoms with Gasteiger partial charge in [0.05, 0.1) is 13.2 Å². The molecule has 0 aliphatic carbocycles. The lowest BCUT2D eigenvalue weighted by atomic mass is 10.0. The molecule has 2 N–H and O–H groups in total. The Labute approximate surface area is 82.3 Å². The molecule has 1 aromatic heterocycles. The minimum atomic E-state index is -0.524. The number of aliphatic hydroxyl groups excluding tert-OH is 1. The summed E-state index contributed by atoms with van der Waals surface area (Å²) in [5.41, 5.74) is 1.85. The molecule has 0 saturated heterocycles. The number of hydrogen-bond acceptors (Lipinski definition) is 2. The number of aromatic nitrogens is 1. The van der Waals surface area contributed by atoms with E-state index < -0.39 is 6.10 Å². The molecule has 14 heavy (non-hydrogen) atoms. The summed E-state index contributed by atoms with van der Waals surface area (Å²) in [7, 11) is 1.61. The first kappa shape index (κ1) is 9.09. The lowest BCUT2D eigenvalue weighted by Crippen LogP contribution is -1.96. The van der Waals surface area contributed by atoms with Crippen molar-refractivity contribution >= 4 is 10.9 Å². The fraction of sp³-hybridized carbons (Fsp3) is 0.273. The van der Waals surface area contributed by atoms with Crippen LogP contribution >= 0.6 is 0 Å². The maximum Gasteiger partial charge on any atom is 0.125 e. The topological polar surface area (TPSA) is 45.2 Å². The fourth-order valence-electron chi connectivity index (χ4n) is 1.75. The second-order valence-electron chi connectivity index (χ2n) is 3.30. The summed E-state index contributed by atoms with van der Waals surface area (Å²) in [6, 6.07) is 5.75. The van der Waals surface area contributed by atoms with E-state index in [0.717, 1.165) is 22.2 Å². The Bertz CT molecular complexity index is 445. The first-order chi connectivity index (χ1) is 6.74. The average Bonchev–Trinajstić information content (AvgIpc) is 2.62. The number of methoxy groups -OCH3 is 1. The normalized spacial score (nSPS) is 13.1. The molecule has 1 aromatic carbocycles. The van der Waals surface area contributed by atoms with Crippen molar-refractivity contribution in [3.8, 4) is 5.75 Å². The van der Waals surface area contributed by atoms with E-state index in [0.29, 0.717) is 0 Å². The van der Waals surface area contributed by atoms with Gasteiger partial charge in [-0.2, -0.15) is 0 Å². The summed E-state index contributed by atoms with van der Waals surface area (Å²) in [6.45, 7) is 1.74. The Morgan fingerprint density at radius 1 is 1.36 bits per heavy atom. The zero-order valence-corrected chi connectivity index (χ0v) is 8.24. The summed E-state index contributed by atoms with van der Waals surface area (Å²) < 4.78 is 5.21. The van der Waals surface area contributed by atoms with Crippen molar-refractivity contribution in [3.63, 3.8) is 0 Å². The number of fused-ring (bicyclic) bond motifs is 1. The van der Waals surface area contributed by atoms with Crippen LogP contribution < -0.4 is 4.74 Å². The number of nitrogens with one attached hydrogen (secondary N) is 1. The Morgan fingerprint density at radius 3 is 2.79 bits per heavy atom. The van der Waals surface area contributed by atoms with Crippen molar-refractivity contribution in [1.29, 1.82) is 0 Å². The molecule has 1 unspecified atom stereocenters. The van der Waals surface area contributed by atoms with E-state index >= 15 is 0 Å². The highest BCUT2D eigenvalue weighted by atomic mass is 16.5. The lowest BCUT2D eigenvalue weighted by Gasteiger charge is -2.11. The maximum atomic E-state index is 9.66. The molecule has 0 bridgehead atoms. The first-order valence-electron chi connectivity index (χ1n) is 4.56. The molecule has 3 nitrogen and oxygen atoms in total. The predicted molar refractivity (Wildman–Crippen MR) is 55.5 cm³/mol. The summed E-state index contributed by atoms with van der Waals surface area (Å²) in [4.78, 5) is 3.10. The van der Waals surface area contributed by atoms with Crippen LogP contribution in [0.5, 0.6) is 5.75 Å². The number of H-pyrrole nitrogens is 1. The largest absolute Gasteiger partial charge is 0.496 e. The van der Waals surface area contributed by atoms with Gasteiger partial charge >= 0.3 is 0 Å². The minimum Gasteiger partial charge on any atom is -0.496 e. The molecular weight excluding hydrogens is 178 g/mol. The van der Waals surface area contributed by atoms with E-state index in [1.54, 1.807) is 14.0 Å². The van der Waals surface area contributed by atoms with Crippen LogP contribution in [0.3, 0.4) is 0 Å². The van der Waals surface area contributed by atoms with E-state index in [9.17, 15) is 5.11 Å². The van der Waals surface area contributed by atoms with Gasteiger partial charge in [-0.15, -0.1) is 0 Å². The summed E-state index contributed by atoms with van der Waals surface area (Å²) in [5, 5.41) is 10.7. The van der Waals surface area contributed by atoms with Crippen LogP contribution in [0.2, 0.25) is 0 Å². The molecule has 0 fully saturated rings. The molecule has 3 heteroatoms. The summed E-state index contributed by atoms with van der Waals surface area (Å²) in [6.07, 6.45) is 1.33. The average molecular weight is 191 g/mol. The number of aromatic amines is 1. The molecule has 1 heterocycles. The molecule has 74 valence electrons. The highest BCUT2D eigenvalue weighted by Gasteiger charge is 2.13. The van der Waals surface area contributed by atoms with E-state index in [1.807, 2.05) is 24.4 Å². The third-order valence-electron chi connectivity index (χ3n) is 2.37. The Hall–Kier alpha value is -1.48. The molecule has 0 aliphatic heterocycles. The van der Waals surface area contributed by atoms with Gasteiger partial charge in [-0.1, -0.05) is 0 Å². The highest BCUT2D eigenvalue weighted by molar-refractivity contribution is 5.85. The molecule has 1 atom stereocenters. The van der Waals surface area contributed by atoms with Gasteiger partial charge < -0.3 is 14.8 Å². The lowest BCUT2D eigenvalue weighted by molar-refractivity contribution is 0.196. The van der Waals surface area contributed by atoms with E-state index in [1.165, 1.54) is 0 Å². The standard InChI is InChI=1S/C11H13NO2/c1-7(13)11-8-5-6-12-9(8)3-4-10(11)14-2/h3-7,12-13H,1-2H3. The minimum absolute atomic E-state index is 0.524. The molecule has 2 rings (SSSR count). The van der Waals surface area contributed by atoms with Crippen LogP contribution in [0.4, 0.5) is 0 Å². The van der Waals surface area contributed by atoms with Crippen molar-refractivity contribution in [1.82, 2.24) is 4.98 Å². The van der Waals surface area contributed by atoms with Crippen molar-refractivity contribution in [2.75, 3.05) is 7.11 Å². The van der Waals surface area contributed by atoms with Crippen molar-refractivity contribution < 1.29 is 9.84 Å². The zero-order valence-electron chi connectivity index (χ0n) is 8.24. The van der Waals surface area contributed by atoms with Gasteiger partial charge in [-0.25, -0.2) is 0 Å². The number of benzene rings is 1. The Morgan fingerprint density at radius 2 is 2.14 bits per heavy atom. The van der Waals surface area contributed by atoms with Crippen molar-refractivity contribution in [2.45, 2.75) is 13.0 Å². The molecular formula is C11H13NO2. The van der Waals surface area contributed by atoms with Crippen LogP contribution in [-0.2, 0) is 0 Å². The molecule has 0 amide bonds. The number of hydrogen-bond donors (Lipinski definition) is 2.